The van der Waals surface area contributed by atoms with E-state index in [9.17, 15) is 9.59 Å². The van der Waals surface area contributed by atoms with Gasteiger partial charge in [-0.1, -0.05) is 18.2 Å². The molecule has 2 saturated heterocycles. The van der Waals surface area contributed by atoms with Crippen LogP contribution in [0.1, 0.15) is 115 Å². The summed E-state index contributed by atoms with van der Waals surface area (Å²) in [5.74, 6) is -1.42. The Morgan fingerprint density at radius 2 is 1.12 bits per heavy atom. The average Bonchev–Trinajstić information content (AvgIpc) is 3.02. The Morgan fingerprint density at radius 1 is 0.683 bits per heavy atom. The maximum absolute atomic E-state index is 15.2. The number of hydrogen-bond donors (Lipinski definition) is 2. The second kappa shape index (κ2) is 11.5. The molecule has 4 rings (SSSR count). The molecule has 6 nitrogen and oxygen atoms in total. The lowest BCUT2D eigenvalue weighted by atomic mass is 9.96. The molecule has 0 radical (unpaired) electrons. The Labute approximate surface area is 244 Å². The molecule has 2 unspecified atom stereocenters. The molecule has 2 aliphatic rings. The van der Waals surface area contributed by atoms with Crippen molar-refractivity contribution in [2.45, 2.75) is 128 Å². The van der Waals surface area contributed by atoms with Gasteiger partial charge in [0, 0.05) is 40.6 Å². The predicted molar refractivity (Wildman–Crippen MR) is 161 cm³/mol. The second-order valence-electron chi connectivity index (χ2n) is 14.6. The summed E-state index contributed by atoms with van der Waals surface area (Å²) < 4.78 is 26.9. The van der Waals surface area contributed by atoms with Gasteiger partial charge in [0.2, 0.25) is 0 Å². The highest BCUT2D eigenvalue weighted by molar-refractivity contribution is 5.91. The van der Waals surface area contributed by atoms with Gasteiger partial charge in [-0.2, -0.15) is 0 Å². The van der Waals surface area contributed by atoms with Crippen LogP contribution in [0.5, 0.6) is 0 Å². The number of benzene rings is 2. The fourth-order valence-electron chi connectivity index (χ4n) is 6.75. The minimum Gasteiger partial charge on any atom is -0.459 e. The number of esters is 2. The van der Waals surface area contributed by atoms with E-state index in [2.05, 4.69) is 66.0 Å². The Bertz CT molecular complexity index is 1270. The molecule has 2 heterocycles. The van der Waals surface area contributed by atoms with Crippen LogP contribution in [0.2, 0.25) is 0 Å². The van der Waals surface area contributed by atoms with Crippen LogP contribution in [0.15, 0.2) is 42.5 Å². The highest BCUT2D eigenvalue weighted by Crippen LogP contribution is 2.31. The Kier molecular flexibility index (Phi) is 8.73. The third-order valence-electron chi connectivity index (χ3n) is 8.20. The van der Waals surface area contributed by atoms with E-state index < -0.39 is 11.8 Å². The molecular weight excluding hydrogens is 519 g/mol. The van der Waals surface area contributed by atoms with Gasteiger partial charge >= 0.3 is 11.9 Å². The summed E-state index contributed by atoms with van der Waals surface area (Å²) in [5, 5.41) is 7.28. The largest absolute Gasteiger partial charge is 0.459 e. The summed E-state index contributed by atoms with van der Waals surface area (Å²) in [4.78, 5) is 25.8. The molecule has 2 aromatic carbocycles. The van der Waals surface area contributed by atoms with Crippen molar-refractivity contribution in [3.8, 4) is 11.1 Å². The van der Waals surface area contributed by atoms with Gasteiger partial charge in [-0.3, -0.25) is 0 Å². The summed E-state index contributed by atoms with van der Waals surface area (Å²) in [6.07, 6.45) is 4.32. The van der Waals surface area contributed by atoms with Gasteiger partial charge in [-0.15, -0.1) is 0 Å². The van der Waals surface area contributed by atoms with Crippen molar-refractivity contribution >= 4 is 11.9 Å². The minimum absolute atomic E-state index is 0.0243. The molecule has 0 aliphatic carbocycles. The third kappa shape index (κ3) is 8.39. The first-order valence-corrected chi connectivity index (χ1v) is 14.8. The van der Waals surface area contributed by atoms with E-state index in [0.29, 0.717) is 23.1 Å². The van der Waals surface area contributed by atoms with E-state index in [0.717, 1.165) is 32.1 Å². The van der Waals surface area contributed by atoms with Gasteiger partial charge in [0.05, 0.1) is 11.1 Å². The number of hydrogen-bond acceptors (Lipinski definition) is 6. The lowest BCUT2D eigenvalue weighted by molar-refractivity contribution is 0.0217. The van der Waals surface area contributed by atoms with Gasteiger partial charge in [-0.05, 0) is 111 Å². The number of carbonyl (C=O) groups is 2. The van der Waals surface area contributed by atoms with Crippen molar-refractivity contribution in [3.63, 3.8) is 0 Å². The molecule has 2 aliphatic heterocycles. The second-order valence-corrected chi connectivity index (χ2v) is 14.6. The van der Waals surface area contributed by atoms with Gasteiger partial charge in [0.25, 0.3) is 0 Å². The fourth-order valence-corrected chi connectivity index (χ4v) is 6.75. The molecule has 2 aromatic rings. The fraction of sp³-hybridized carbons (Fsp3) is 0.588. The van der Waals surface area contributed by atoms with Gasteiger partial charge in [0.15, 0.2) is 0 Å². The van der Waals surface area contributed by atoms with E-state index in [1.165, 1.54) is 6.07 Å². The van der Waals surface area contributed by atoms with Gasteiger partial charge < -0.3 is 20.1 Å². The van der Waals surface area contributed by atoms with Crippen LogP contribution < -0.4 is 10.6 Å². The van der Waals surface area contributed by atoms with Crippen molar-refractivity contribution in [3.05, 3.63) is 59.4 Å². The van der Waals surface area contributed by atoms with Crippen LogP contribution in [0.3, 0.4) is 0 Å². The molecule has 41 heavy (non-hydrogen) atoms. The molecule has 224 valence electrons. The lowest BCUT2D eigenvalue weighted by Gasteiger charge is -2.34. The SMILES string of the molecule is CC1(C)CCC(OC(=O)c2ccc(-c3ccc(C(=O)OC4CCC(C)(C)NC(C)(C)C4)cc3F)cc2)CC(C)(C)N1. The standard InChI is InChI=1S/C34H47FN2O4/c1-31(2)17-15-25(20-33(5,6)36-31)40-29(38)23-11-9-22(10-12-23)27-14-13-24(19-28(27)35)30(39)41-26-16-18-32(3,4)37-34(7,8)21-26/h9-14,19,25-26,36-37H,15-18,20-21H2,1-8H3. The van der Waals surface area contributed by atoms with Crippen LogP contribution in [-0.4, -0.2) is 46.3 Å². The molecule has 0 bridgehead atoms. The first-order chi connectivity index (χ1) is 18.9. The summed E-state index contributed by atoms with van der Waals surface area (Å²) in [5.41, 5.74) is 1.16. The van der Waals surface area contributed by atoms with Gasteiger partial charge in [0.1, 0.15) is 18.0 Å². The maximum Gasteiger partial charge on any atom is 0.338 e. The van der Waals surface area contributed by atoms with Crippen molar-refractivity contribution in [1.82, 2.24) is 10.6 Å². The molecule has 2 fully saturated rings. The summed E-state index contributed by atoms with van der Waals surface area (Å²) in [6, 6.07) is 11.1. The molecule has 0 amide bonds. The molecule has 2 atom stereocenters. The summed E-state index contributed by atoms with van der Waals surface area (Å²) >= 11 is 0. The zero-order chi connectivity index (χ0) is 30.2. The van der Waals surface area contributed by atoms with E-state index in [-0.39, 0.29) is 45.9 Å². The van der Waals surface area contributed by atoms with Crippen LogP contribution >= 0.6 is 0 Å². The monoisotopic (exact) mass is 566 g/mol. The minimum atomic E-state index is -0.519. The van der Waals surface area contributed by atoms with Gasteiger partial charge in [-0.25, -0.2) is 14.0 Å². The number of carbonyl (C=O) groups excluding carboxylic acids is 2. The van der Waals surface area contributed by atoms with Crippen LogP contribution in [0, 0.1) is 5.82 Å². The van der Waals surface area contributed by atoms with E-state index in [1.54, 1.807) is 36.4 Å². The van der Waals surface area contributed by atoms with Crippen LogP contribution in [-0.2, 0) is 9.47 Å². The molecule has 0 spiro atoms. The van der Waals surface area contributed by atoms with Crippen molar-refractivity contribution in [2.75, 3.05) is 0 Å². The molecule has 7 heteroatoms. The quantitative estimate of drug-likeness (QED) is 0.373. The third-order valence-corrected chi connectivity index (χ3v) is 8.20. The topological polar surface area (TPSA) is 76.7 Å². The smallest absolute Gasteiger partial charge is 0.338 e. The average molecular weight is 567 g/mol. The summed E-state index contributed by atoms with van der Waals surface area (Å²) in [6.45, 7) is 17.1. The molecule has 0 aromatic heterocycles. The number of halogens is 1. The van der Waals surface area contributed by atoms with E-state index >= 15 is 4.39 Å². The molecule has 2 N–H and O–H groups in total. The Morgan fingerprint density at radius 3 is 1.59 bits per heavy atom. The number of rotatable bonds is 5. The molecule has 0 saturated carbocycles. The molecular formula is C34H47FN2O4. The Balaban J connectivity index is 1.40. The van der Waals surface area contributed by atoms with Crippen LogP contribution in [0.25, 0.3) is 11.1 Å². The zero-order valence-electron chi connectivity index (χ0n) is 25.9. The normalized spacial score (nSPS) is 24.9. The number of nitrogens with one attached hydrogen (secondary N) is 2. The summed E-state index contributed by atoms with van der Waals surface area (Å²) in [7, 11) is 0. The van der Waals surface area contributed by atoms with Crippen molar-refractivity contribution in [2.24, 2.45) is 0 Å². The maximum atomic E-state index is 15.2. The first kappa shape index (κ1) is 31.2. The highest BCUT2D eigenvalue weighted by atomic mass is 19.1. The zero-order valence-corrected chi connectivity index (χ0v) is 25.9. The van der Waals surface area contributed by atoms with Crippen molar-refractivity contribution in [1.29, 1.82) is 0 Å². The number of ether oxygens (including phenoxy) is 2. The van der Waals surface area contributed by atoms with E-state index in [4.69, 9.17) is 9.47 Å². The van der Waals surface area contributed by atoms with Crippen LogP contribution in [0.4, 0.5) is 4.39 Å². The first-order valence-electron chi connectivity index (χ1n) is 14.8. The Hall–Kier alpha value is -2.77. The predicted octanol–water partition coefficient (Wildman–Crippen LogP) is 7.20. The van der Waals surface area contributed by atoms with Crippen molar-refractivity contribution < 1.29 is 23.5 Å². The lowest BCUT2D eigenvalue weighted by Crippen LogP contribution is -2.51. The highest BCUT2D eigenvalue weighted by Gasteiger charge is 2.37. The van der Waals surface area contributed by atoms with E-state index in [1.807, 2.05) is 0 Å².